The lowest BCUT2D eigenvalue weighted by atomic mass is 9.90. The minimum atomic E-state index is -0.690. The van der Waals surface area contributed by atoms with Gasteiger partial charge in [-0.15, -0.1) is 11.3 Å². The third kappa shape index (κ3) is 6.61. The quantitative estimate of drug-likeness (QED) is 0.0980. The van der Waals surface area contributed by atoms with Crippen LogP contribution in [0.15, 0.2) is 35.4 Å². The van der Waals surface area contributed by atoms with E-state index in [4.69, 9.17) is 10.1 Å². The van der Waals surface area contributed by atoms with Crippen molar-refractivity contribution in [1.82, 2.24) is 19.9 Å². The number of thiophene rings is 1. The number of amides is 1. The van der Waals surface area contributed by atoms with E-state index in [-0.39, 0.29) is 41.7 Å². The number of esters is 1. The number of pyridine rings is 1. The van der Waals surface area contributed by atoms with Gasteiger partial charge in [0.1, 0.15) is 45.3 Å². The third-order valence-corrected chi connectivity index (χ3v) is 9.46. The van der Waals surface area contributed by atoms with Crippen molar-refractivity contribution < 1.29 is 19.1 Å². The summed E-state index contributed by atoms with van der Waals surface area (Å²) in [5.41, 5.74) is 0.368. The lowest BCUT2D eigenvalue weighted by Crippen LogP contribution is -2.45. The van der Waals surface area contributed by atoms with Gasteiger partial charge in [0.05, 0.1) is 10.3 Å². The Morgan fingerprint density at radius 2 is 1.91 bits per heavy atom. The van der Waals surface area contributed by atoms with E-state index in [0.29, 0.717) is 57.1 Å². The lowest BCUT2D eigenvalue weighted by molar-refractivity contribution is -0.146. The monoisotopic (exact) mass is 632 g/mol. The molecule has 3 N–H and O–H groups in total. The number of Topliss-reactive ketones (excluding diaryl/α,β-unsaturated/α-hetero) is 1. The minimum absolute atomic E-state index is 0.0156. The van der Waals surface area contributed by atoms with Crippen molar-refractivity contribution in [3.63, 3.8) is 0 Å². The predicted octanol–water partition coefficient (Wildman–Crippen LogP) is 6.17. The summed E-state index contributed by atoms with van der Waals surface area (Å²) in [7, 11) is 0. The molecule has 1 aliphatic heterocycles. The number of ketones is 1. The molecule has 0 radical (unpaired) electrons. The molecular weight excluding hydrogens is 592 g/mol. The summed E-state index contributed by atoms with van der Waals surface area (Å²) >= 11 is 1.24. The molecule has 1 amide bonds. The van der Waals surface area contributed by atoms with Crippen LogP contribution in [0, 0.1) is 18.3 Å². The van der Waals surface area contributed by atoms with E-state index in [2.05, 4.69) is 27.2 Å². The fourth-order valence-electron chi connectivity index (χ4n) is 6.25. The van der Waals surface area contributed by atoms with Crippen LogP contribution < -0.4 is 16.2 Å². The van der Waals surface area contributed by atoms with E-state index < -0.39 is 17.2 Å². The molecule has 1 unspecified atom stereocenters. The molecule has 1 atom stereocenters. The zero-order chi connectivity index (χ0) is 32.7. The molecule has 1 fully saturated rings. The SMILES string of the molecule is C=C(CC(=O)c1cc2c(Nc3cc(C)c4n(c3=O)C3(CCCC3)NC4=O)ncnc2s1)CC(CC)CC(=N)C(=O)OC(C)(C)C. The minimum Gasteiger partial charge on any atom is -0.456 e. The Labute approximate surface area is 266 Å². The van der Waals surface area contributed by atoms with Gasteiger partial charge in [0.2, 0.25) is 0 Å². The highest BCUT2D eigenvalue weighted by molar-refractivity contribution is 7.20. The van der Waals surface area contributed by atoms with Crippen molar-refractivity contribution in [1.29, 1.82) is 5.41 Å². The highest BCUT2D eigenvalue weighted by atomic mass is 32.1. The van der Waals surface area contributed by atoms with Crippen molar-refractivity contribution in [2.24, 2.45) is 5.92 Å². The maximum Gasteiger partial charge on any atom is 0.352 e. The Kier molecular flexibility index (Phi) is 8.81. The van der Waals surface area contributed by atoms with E-state index in [9.17, 15) is 19.2 Å². The Hall–Kier alpha value is -4.19. The fourth-order valence-corrected chi connectivity index (χ4v) is 7.18. The summed E-state index contributed by atoms with van der Waals surface area (Å²) in [5, 5.41) is 15.0. The molecule has 5 rings (SSSR count). The van der Waals surface area contributed by atoms with E-state index in [1.54, 1.807) is 37.5 Å². The number of rotatable bonds is 11. The molecule has 0 bridgehead atoms. The van der Waals surface area contributed by atoms with E-state index in [1.165, 1.54) is 17.7 Å². The van der Waals surface area contributed by atoms with Crippen molar-refractivity contribution in [3.8, 4) is 0 Å². The van der Waals surface area contributed by atoms with Gasteiger partial charge in [-0.05, 0) is 89.8 Å². The smallest absolute Gasteiger partial charge is 0.352 e. The van der Waals surface area contributed by atoms with Gasteiger partial charge in [0.15, 0.2) is 5.78 Å². The second-order valence-electron chi connectivity index (χ2n) is 13.1. The first-order valence-corrected chi connectivity index (χ1v) is 16.1. The Balaban J connectivity index is 1.31. The largest absolute Gasteiger partial charge is 0.456 e. The number of aryl methyl sites for hydroxylation is 1. The lowest BCUT2D eigenvalue weighted by Gasteiger charge is -2.26. The number of hydrogen-bond donors (Lipinski definition) is 3. The normalized spacial score (nSPS) is 16.0. The molecule has 12 heteroatoms. The molecule has 1 saturated carbocycles. The summed E-state index contributed by atoms with van der Waals surface area (Å²) in [5.74, 6) is -0.586. The summed E-state index contributed by atoms with van der Waals surface area (Å²) in [6.07, 6.45) is 6.27. The first-order chi connectivity index (χ1) is 21.2. The second-order valence-corrected chi connectivity index (χ2v) is 14.1. The highest BCUT2D eigenvalue weighted by Gasteiger charge is 2.46. The first-order valence-electron chi connectivity index (χ1n) is 15.3. The van der Waals surface area contributed by atoms with Crippen LogP contribution in [0.2, 0.25) is 0 Å². The van der Waals surface area contributed by atoms with Crippen molar-refractivity contribution in [2.75, 3.05) is 5.32 Å². The molecule has 2 aliphatic rings. The average molecular weight is 633 g/mol. The topological polar surface area (TPSA) is 156 Å². The molecule has 238 valence electrons. The van der Waals surface area contributed by atoms with Crippen LogP contribution in [0.5, 0.6) is 0 Å². The molecule has 45 heavy (non-hydrogen) atoms. The maximum atomic E-state index is 13.7. The van der Waals surface area contributed by atoms with Crippen LogP contribution in [-0.4, -0.2) is 43.5 Å². The Morgan fingerprint density at radius 3 is 2.58 bits per heavy atom. The van der Waals surface area contributed by atoms with Crippen molar-refractivity contribution >= 4 is 56.4 Å². The molecule has 4 heterocycles. The summed E-state index contributed by atoms with van der Waals surface area (Å²) in [6, 6.07) is 3.40. The van der Waals surface area contributed by atoms with Crippen LogP contribution in [0.25, 0.3) is 10.2 Å². The summed E-state index contributed by atoms with van der Waals surface area (Å²) in [4.78, 5) is 62.0. The molecule has 0 saturated heterocycles. The summed E-state index contributed by atoms with van der Waals surface area (Å²) < 4.78 is 6.93. The fraction of sp³-hybridized carbons (Fsp3) is 0.485. The van der Waals surface area contributed by atoms with Gasteiger partial charge < -0.3 is 15.4 Å². The number of carbonyl (C=O) groups is 3. The predicted molar refractivity (Wildman–Crippen MR) is 175 cm³/mol. The van der Waals surface area contributed by atoms with Gasteiger partial charge in [0.25, 0.3) is 11.5 Å². The maximum absolute atomic E-state index is 13.7. The van der Waals surface area contributed by atoms with Crippen LogP contribution in [0.3, 0.4) is 0 Å². The number of anilines is 2. The molecule has 1 aliphatic carbocycles. The summed E-state index contributed by atoms with van der Waals surface area (Å²) in [6.45, 7) is 13.2. The van der Waals surface area contributed by atoms with Gasteiger partial charge in [-0.1, -0.05) is 25.5 Å². The molecular formula is C33H40N6O5S. The molecule has 3 aromatic rings. The van der Waals surface area contributed by atoms with E-state index in [0.717, 1.165) is 24.8 Å². The molecule has 11 nitrogen and oxygen atoms in total. The Morgan fingerprint density at radius 1 is 1.20 bits per heavy atom. The van der Waals surface area contributed by atoms with Gasteiger partial charge in [-0.2, -0.15) is 0 Å². The zero-order valence-corrected chi connectivity index (χ0v) is 27.3. The van der Waals surface area contributed by atoms with Gasteiger partial charge >= 0.3 is 5.97 Å². The van der Waals surface area contributed by atoms with E-state index >= 15 is 0 Å². The number of fused-ring (bicyclic) bond motifs is 3. The standard InChI is InChI=1S/C33H40N6O5S/c1-7-20(15-22(34)31(43)44-32(4,5)6)12-18(2)13-24(40)25-16-21-27(35-17-36-29(21)45-25)37-23-14-19(3)26-28(41)38-33(10-8-9-11-33)39(26)30(23)42/h14,16-17,20,34H,2,7-13,15H2,1,3-6H3,(H,38,41)(H,35,36,37). The van der Waals surface area contributed by atoms with E-state index in [1.807, 2.05) is 13.8 Å². The van der Waals surface area contributed by atoms with Gasteiger partial charge in [0, 0.05) is 6.42 Å². The van der Waals surface area contributed by atoms with Crippen LogP contribution in [0.1, 0.15) is 105 Å². The number of allylic oxidation sites excluding steroid dienone is 1. The number of carbonyl (C=O) groups excluding carboxylic acids is 3. The second kappa shape index (κ2) is 12.3. The molecule has 1 spiro atoms. The number of ether oxygens (including phenoxy) is 1. The molecule has 0 aromatic carbocycles. The Bertz CT molecular complexity index is 1780. The number of nitrogens with one attached hydrogen (secondary N) is 3. The number of aromatic nitrogens is 3. The third-order valence-electron chi connectivity index (χ3n) is 8.37. The van der Waals surface area contributed by atoms with Gasteiger partial charge in [-0.25, -0.2) is 14.8 Å². The molecule has 3 aromatic heterocycles. The number of nitrogens with zero attached hydrogens (tertiary/aromatic N) is 3. The highest BCUT2D eigenvalue weighted by Crippen LogP contribution is 2.39. The van der Waals surface area contributed by atoms with Crippen molar-refractivity contribution in [3.05, 3.63) is 57.1 Å². The van der Waals surface area contributed by atoms with Crippen molar-refractivity contribution in [2.45, 2.75) is 97.2 Å². The van der Waals surface area contributed by atoms with Crippen LogP contribution in [-0.2, 0) is 15.2 Å². The van der Waals surface area contributed by atoms with Crippen LogP contribution in [0.4, 0.5) is 11.5 Å². The van der Waals surface area contributed by atoms with Gasteiger partial charge in [-0.3, -0.25) is 24.4 Å². The average Bonchev–Trinajstić information content (AvgIpc) is 3.68. The zero-order valence-electron chi connectivity index (χ0n) is 26.5. The first kappa shape index (κ1) is 32.2. The number of hydrogen-bond acceptors (Lipinski definition) is 10. The van der Waals surface area contributed by atoms with Crippen LogP contribution >= 0.6 is 11.3 Å².